The maximum atomic E-state index is 12.3. The Labute approximate surface area is 350 Å². The molecule has 3 heterocycles. The average molecular weight is 839 g/mol. The van der Waals surface area contributed by atoms with Crippen LogP contribution in [-0.2, 0) is 28.7 Å². The molecule has 4 atom stereocenters. The topological polar surface area (TPSA) is 212 Å². The predicted octanol–water partition coefficient (Wildman–Crippen LogP) is 6.81. The molecule has 5 N–H and O–H groups in total. The van der Waals surface area contributed by atoms with Crippen molar-refractivity contribution in [2.45, 2.75) is 112 Å². The second kappa shape index (κ2) is 21.7. The SMILES string of the molecule is C=CC1CC1C(=O)OC.CC(NC(=O)OC1CCCC1)C(C)(C)C.COc1ccc2c(=O)cc(-c3csc(NC(=O)C(C)(C)C)n3)[nH]c2c1.NC(=O)C1CCCN1C=O. The van der Waals surface area contributed by atoms with Gasteiger partial charge in [-0.1, -0.05) is 47.6 Å². The number of H-pyrrole nitrogens is 1. The first-order valence-corrected chi connectivity index (χ1v) is 20.8. The number of anilines is 1. The minimum Gasteiger partial charge on any atom is -0.497 e. The number of primary amides is 1. The highest BCUT2D eigenvalue weighted by atomic mass is 32.1. The molecule has 0 radical (unpaired) electrons. The van der Waals surface area contributed by atoms with E-state index < -0.39 is 11.3 Å². The number of aromatic nitrogens is 2. The summed E-state index contributed by atoms with van der Waals surface area (Å²) >= 11 is 1.32. The fraction of sp³-hybridized carbons (Fsp3) is 0.558. The fourth-order valence-electron chi connectivity index (χ4n) is 5.94. The van der Waals surface area contributed by atoms with E-state index in [2.05, 4.69) is 52.7 Å². The minimum absolute atomic E-state index is 0.0781. The first-order valence-electron chi connectivity index (χ1n) is 19.9. The van der Waals surface area contributed by atoms with Gasteiger partial charge in [-0.3, -0.25) is 24.0 Å². The zero-order valence-electron chi connectivity index (χ0n) is 35.8. The van der Waals surface area contributed by atoms with Gasteiger partial charge in [0.25, 0.3) is 0 Å². The van der Waals surface area contributed by atoms with E-state index in [4.69, 9.17) is 15.2 Å². The number of allylic oxidation sites excluding steroid dienone is 1. The first-order chi connectivity index (χ1) is 27.7. The van der Waals surface area contributed by atoms with Gasteiger partial charge in [0.1, 0.15) is 17.9 Å². The Kier molecular flexibility index (Phi) is 17.7. The molecule has 1 aliphatic heterocycles. The highest BCUT2D eigenvalue weighted by Crippen LogP contribution is 2.39. The van der Waals surface area contributed by atoms with Crippen molar-refractivity contribution in [3.05, 3.63) is 52.5 Å². The number of benzene rings is 1. The normalized spacial score (nSPS) is 18.9. The van der Waals surface area contributed by atoms with Gasteiger partial charge in [-0.2, -0.15) is 0 Å². The van der Waals surface area contributed by atoms with Gasteiger partial charge in [0.2, 0.25) is 18.2 Å². The molecule has 15 nitrogen and oxygen atoms in total. The van der Waals surface area contributed by atoms with Crippen LogP contribution in [0.2, 0.25) is 0 Å². The molecule has 3 aromatic rings. The van der Waals surface area contributed by atoms with Crippen LogP contribution in [0.3, 0.4) is 0 Å². The number of carbonyl (C=O) groups is 5. The molecule has 59 heavy (non-hydrogen) atoms. The number of hydrogen-bond acceptors (Lipinski definition) is 11. The van der Waals surface area contributed by atoms with Crippen molar-refractivity contribution >= 4 is 57.7 Å². The Morgan fingerprint density at radius 2 is 1.73 bits per heavy atom. The van der Waals surface area contributed by atoms with Crippen molar-refractivity contribution in [1.82, 2.24) is 20.2 Å². The molecular weight excluding hydrogens is 777 g/mol. The molecular formula is C43H62N6O9S. The standard InChI is InChI=1S/C18H19N3O3S.C12H23NO2.C7H10O2.C6H10N2O2/c1-18(2,3)16(23)21-17-20-14(9-25-17)13-8-15(22)11-6-5-10(24-4)7-12(11)19-13;1-9(12(2,3)4)13-11(14)15-10-7-5-6-8-10;1-3-5-4-6(5)7(8)9-2;7-6(10)5-2-1-3-8(5)4-9/h5-9H,1-4H3,(H,19,22)(H,20,21,23);9-10H,5-8H2,1-4H3,(H,13,14);3,5-6H,1,4H2,2H3;4-5H,1-3H2,(H2,7,10). The molecule has 0 spiro atoms. The van der Waals surface area contributed by atoms with Gasteiger partial charge in [-0.25, -0.2) is 9.78 Å². The second-order valence-corrected chi connectivity index (χ2v) is 17.8. The first kappa shape index (κ1) is 48.1. The molecule has 1 saturated heterocycles. The number of esters is 1. The van der Waals surface area contributed by atoms with Gasteiger partial charge >= 0.3 is 12.1 Å². The summed E-state index contributed by atoms with van der Waals surface area (Å²) in [6.45, 7) is 18.1. The van der Waals surface area contributed by atoms with E-state index in [1.807, 2.05) is 33.8 Å². The predicted molar refractivity (Wildman–Crippen MR) is 230 cm³/mol. The third kappa shape index (κ3) is 14.8. The van der Waals surface area contributed by atoms with Crippen LogP contribution in [0, 0.1) is 22.7 Å². The van der Waals surface area contributed by atoms with E-state index in [0.29, 0.717) is 58.5 Å². The van der Waals surface area contributed by atoms with Gasteiger partial charge in [0, 0.05) is 40.9 Å². The fourth-order valence-corrected chi connectivity index (χ4v) is 6.64. The zero-order chi connectivity index (χ0) is 44.1. The lowest BCUT2D eigenvalue weighted by molar-refractivity contribution is -0.142. The number of methoxy groups -OCH3 is 2. The molecule has 0 bridgehead atoms. The lowest BCUT2D eigenvalue weighted by atomic mass is 9.88. The monoisotopic (exact) mass is 838 g/mol. The molecule has 16 heteroatoms. The Morgan fingerprint density at radius 3 is 2.25 bits per heavy atom. The largest absolute Gasteiger partial charge is 0.497 e. The van der Waals surface area contributed by atoms with Crippen LogP contribution in [0.1, 0.15) is 93.4 Å². The van der Waals surface area contributed by atoms with Crippen LogP contribution in [0.5, 0.6) is 5.75 Å². The molecule has 3 fully saturated rings. The number of ether oxygens (including phenoxy) is 3. The van der Waals surface area contributed by atoms with Crippen LogP contribution in [0.25, 0.3) is 22.3 Å². The number of amides is 4. The van der Waals surface area contributed by atoms with E-state index in [-0.39, 0.29) is 52.9 Å². The number of fused-ring (bicyclic) bond motifs is 1. The summed E-state index contributed by atoms with van der Waals surface area (Å²) in [5, 5.41) is 8.57. The number of alkyl carbamates (subject to hydrolysis) is 1. The van der Waals surface area contributed by atoms with Gasteiger partial charge in [-0.15, -0.1) is 17.9 Å². The molecule has 6 rings (SSSR count). The maximum Gasteiger partial charge on any atom is 0.407 e. The Morgan fingerprint density at radius 1 is 1.05 bits per heavy atom. The number of thiazole rings is 1. The molecule has 2 saturated carbocycles. The lowest BCUT2D eigenvalue weighted by Crippen LogP contribution is -2.42. The van der Waals surface area contributed by atoms with Crippen molar-refractivity contribution in [1.29, 1.82) is 0 Å². The molecule has 4 unspecified atom stereocenters. The molecule has 2 aliphatic carbocycles. The lowest BCUT2D eigenvalue weighted by Gasteiger charge is -2.28. The summed E-state index contributed by atoms with van der Waals surface area (Å²) in [6.07, 6.45) is 9.33. The van der Waals surface area contributed by atoms with Crippen molar-refractivity contribution in [3.63, 3.8) is 0 Å². The Balaban J connectivity index is 0.000000232. The van der Waals surface area contributed by atoms with Crippen molar-refractivity contribution in [3.8, 4) is 17.1 Å². The zero-order valence-corrected chi connectivity index (χ0v) is 36.7. The summed E-state index contributed by atoms with van der Waals surface area (Å²) < 4.78 is 15.1. The average Bonchev–Trinajstić information content (AvgIpc) is 3.54. The van der Waals surface area contributed by atoms with Crippen LogP contribution < -0.4 is 26.5 Å². The van der Waals surface area contributed by atoms with E-state index in [9.17, 15) is 28.8 Å². The molecule has 3 aliphatic rings. The highest BCUT2D eigenvalue weighted by Gasteiger charge is 2.41. The number of nitrogens with zero attached hydrogens (tertiary/aromatic N) is 2. The van der Waals surface area contributed by atoms with Crippen LogP contribution in [-0.4, -0.2) is 84.1 Å². The summed E-state index contributed by atoms with van der Waals surface area (Å²) in [7, 11) is 2.99. The van der Waals surface area contributed by atoms with Crippen LogP contribution in [0.4, 0.5) is 9.93 Å². The number of nitrogens with two attached hydrogens (primary N) is 1. The van der Waals surface area contributed by atoms with Gasteiger partial charge < -0.3 is 40.5 Å². The highest BCUT2D eigenvalue weighted by molar-refractivity contribution is 7.14. The maximum absolute atomic E-state index is 12.3. The third-order valence-corrected chi connectivity index (χ3v) is 11.1. The third-order valence-electron chi connectivity index (χ3n) is 10.3. The number of rotatable bonds is 9. The van der Waals surface area contributed by atoms with E-state index in [0.717, 1.165) is 25.7 Å². The second-order valence-electron chi connectivity index (χ2n) is 16.9. The molecule has 324 valence electrons. The Hall–Kier alpha value is -5.25. The summed E-state index contributed by atoms with van der Waals surface area (Å²) in [5.41, 5.74) is 6.38. The number of aromatic amines is 1. The van der Waals surface area contributed by atoms with Crippen molar-refractivity contribution in [2.75, 3.05) is 26.1 Å². The van der Waals surface area contributed by atoms with Crippen molar-refractivity contribution in [2.24, 2.45) is 28.4 Å². The van der Waals surface area contributed by atoms with Gasteiger partial charge in [0.05, 0.1) is 37.0 Å². The molecule has 4 amide bonds. The van der Waals surface area contributed by atoms with Crippen molar-refractivity contribution < 1.29 is 38.2 Å². The number of nitrogens with one attached hydrogen (secondary N) is 3. The van der Waals surface area contributed by atoms with Crippen LogP contribution >= 0.6 is 11.3 Å². The van der Waals surface area contributed by atoms with Gasteiger partial charge in [-0.05, 0) is 75.3 Å². The minimum atomic E-state index is -0.500. The number of likely N-dealkylation sites (tertiary alicyclic amines) is 1. The number of pyridine rings is 1. The molecule has 2 aromatic heterocycles. The molecule has 1 aromatic carbocycles. The number of hydrogen-bond donors (Lipinski definition) is 4. The summed E-state index contributed by atoms with van der Waals surface area (Å²) in [5.74, 6) is 0.566. The van der Waals surface area contributed by atoms with Crippen LogP contribution in [0.15, 0.2) is 47.1 Å². The van der Waals surface area contributed by atoms with Gasteiger partial charge in [0.15, 0.2) is 10.6 Å². The van der Waals surface area contributed by atoms with E-state index in [1.165, 1.54) is 42.3 Å². The Bertz CT molecular complexity index is 1980. The number of carbonyl (C=O) groups excluding carboxylic acids is 5. The summed E-state index contributed by atoms with van der Waals surface area (Å²) in [6, 6.07) is 6.55. The quantitative estimate of drug-likeness (QED) is 0.100. The summed E-state index contributed by atoms with van der Waals surface area (Å²) in [4.78, 5) is 76.5. The smallest absolute Gasteiger partial charge is 0.407 e. The van der Waals surface area contributed by atoms with E-state index >= 15 is 0 Å². The van der Waals surface area contributed by atoms with E-state index in [1.54, 1.807) is 30.7 Å².